The molecule has 4 rings (SSSR count). The molecule has 2 aliphatic rings. The van der Waals surface area contributed by atoms with E-state index in [0.29, 0.717) is 18.4 Å². The number of rotatable bonds is 7. The van der Waals surface area contributed by atoms with E-state index in [4.69, 9.17) is 0 Å². The number of amides is 3. The molecule has 2 heterocycles. The molecule has 0 aliphatic carbocycles. The SMILES string of the molecule is Cc1cc(C(=O)NCC(=O)N2[C@@H](C(C)(C)O)CC[C@@]2(C)c2ccccc2)ccc1CC1CC(C)NNC1=O. The summed E-state index contributed by atoms with van der Waals surface area (Å²) in [5, 5.41) is 13.7. The quantitative estimate of drug-likeness (QED) is 0.449. The highest BCUT2D eigenvalue weighted by Gasteiger charge is 2.51. The van der Waals surface area contributed by atoms with Crippen molar-refractivity contribution in [2.24, 2.45) is 5.92 Å². The van der Waals surface area contributed by atoms with Gasteiger partial charge < -0.3 is 15.3 Å². The predicted molar refractivity (Wildman–Crippen MR) is 146 cm³/mol. The lowest BCUT2D eigenvalue weighted by Gasteiger charge is -2.43. The summed E-state index contributed by atoms with van der Waals surface area (Å²) in [7, 11) is 0. The van der Waals surface area contributed by atoms with Crippen LogP contribution >= 0.6 is 0 Å². The molecule has 0 spiro atoms. The molecule has 3 amide bonds. The Morgan fingerprint density at radius 3 is 2.55 bits per heavy atom. The Morgan fingerprint density at radius 2 is 1.89 bits per heavy atom. The van der Waals surface area contributed by atoms with E-state index in [1.54, 1.807) is 30.9 Å². The van der Waals surface area contributed by atoms with E-state index in [1.165, 1.54) is 0 Å². The first-order chi connectivity index (χ1) is 17.9. The van der Waals surface area contributed by atoms with Crippen molar-refractivity contribution in [1.29, 1.82) is 0 Å². The molecule has 2 fully saturated rings. The number of hydrogen-bond donors (Lipinski definition) is 4. The van der Waals surface area contributed by atoms with Gasteiger partial charge in [-0.05, 0) is 89.1 Å². The molecule has 4 atom stereocenters. The molecule has 8 heteroatoms. The molecule has 2 saturated heterocycles. The second-order valence-corrected chi connectivity index (χ2v) is 11.6. The average molecular weight is 521 g/mol. The largest absolute Gasteiger partial charge is 0.388 e. The highest BCUT2D eigenvalue weighted by molar-refractivity contribution is 5.97. The minimum absolute atomic E-state index is 0.0170. The fourth-order valence-electron chi connectivity index (χ4n) is 5.95. The first-order valence-electron chi connectivity index (χ1n) is 13.4. The first-order valence-corrected chi connectivity index (χ1v) is 13.4. The van der Waals surface area contributed by atoms with Gasteiger partial charge in [0.2, 0.25) is 11.8 Å². The third kappa shape index (κ3) is 5.76. The van der Waals surface area contributed by atoms with Crippen molar-refractivity contribution in [3.63, 3.8) is 0 Å². The van der Waals surface area contributed by atoms with Crippen LogP contribution in [0.25, 0.3) is 0 Å². The van der Waals surface area contributed by atoms with Crippen LogP contribution in [-0.2, 0) is 21.5 Å². The van der Waals surface area contributed by atoms with Gasteiger partial charge in [-0.3, -0.25) is 19.8 Å². The molecule has 4 N–H and O–H groups in total. The molecule has 204 valence electrons. The lowest BCUT2D eigenvalue weighted by molar-refractivity contribution is -0.142. The molecular weight excluding hydrogens is 480 g/mol. The summed E-state index contributed by atoms with van der Waals surface area (Å²) in [6.45, 7) is 9.28. The van der Waals surface area contributed by atoms with Crippen molar-refractivity contribution in [2.75, 3.05) is 6.54 Å². The summed E-state index contributed by atoms with van der Waals surface area (Å²) >= 11 is 0. The standard InChI is InChI=1S/C30H40N4O4/c1-19-15-22(12-11-21(19)17-23-16-20(2)32-33-28(23)37)27(36)31-18-26(35)34-25(29(3,4)38)13-14-30(34,5)24-9-7-6-8-10-24/h6-12,15,20,23,25,32,38H,13-14,16-18H2,1-5H3,(H,31,36)(H,33,37)/t20?,23?,25-,30+/m1/s1. The lowest BCUT2D eigenvalue weighted by Crippen LogP contribution is -2.56. The van der Waals surface area contributed by atoms with Crippen LogP contribution in [0.4, 0.5) is 0 Å². The van der Waals surface area contributed by atoms with Gasteiger partial charge in [-0.15, -0.1) is 0 Å². The maximum absolute atomic E-state index is 13.6. The first kappa shape index (κ1) is 27.8. The normalized spacial score (nSPS) is 25.7. The Bertz CT molecular complexity index is 1190. The molecule has 0 radical (unpaired) electrons. The summed E-state index contributed by atoms with van der Waals surface area (Å²) in [4.78, 5) is 40.6. The van der Waals surface area contributed by atoms with Crippen LogP contribution in [0.2, 0.25) is 0 Å². The molecule has 0 saturated carbocycles. The van der Waals surface area contributed by atoms with E-state index in [0.717, 1.165) is 29.5 Å². The number of hydrazine groups is 1. The monoisotopic (exact) mass is 520 g/mol. The second kappa shape index (κ2) is 10.9. The van der Waals surface area contributed by atoms with Gasteiger partial charge in [0, 0.05) is 17.5 Å². The molecule has 0 bridgehead atoms. The van der Waals surface area contributed by atoms with Gasteiger partial charge in [0.05, 0.1) is 23.7 Å². The topological polar surface area (TPSA) is 111 Å². The fraction of sp³-hybridized carbons (Fsp3) is 0.500. The number of aliphatic hydroxyl groups is 1. The van der Waals surface area contributed by atoms with Crippen LogP contribution in [0, 0.1) is 12.8 Å². The van der Waals surface area contributed by atoms with Crippen LogP contribution < -0.4 is 16.2 Å². The fourth-order valence-corrected chi connectivity index (χ4v) is 5.95. The maximum atomic E-state index is 13.6. The molecule has 38 heavy (non-hydrogen) atoms. The molecule has 2 aliphatic heterocycles. The maximum Gasteiger partial charge on any atom is 0.251 e. The number of carbonyl (C=O) groups is 3. The minimum atomic E-state index is -1.08. The van der Waals surface area contributed by atoms with Gasteiger partial charge >= 0.3 is 0 Å². The number of hydrogen-bond acceptors (Lipinski definition) is 5. The summed E-state index contributed by atoms with van der Waals surface area (Å²) in [6, 6.07) is 15.1. The Kier molecular flexibility index (Phi) is 7.95. The van der Waals surface area contributed by atoms with Crippen LogP contribution in [0.3, 0.4) is 0 Å². The van der Waals surface area contributed by atoms with Gasteiger partial charge in [0.15, 0.2) is 0 Å². The van der Waals surface area contributed by atoms with E-state index >= 15 is 0 Å². The van der Waals surface area contributed by atoms with Crippen molar-refractivity contribution in [3.8, 4) is 0 Å². The predicted octanol–water partition coefficient (Wildman–Crippen LogP) is 2.97. The van der Waals surface area contributed by atoms with Crippen molar-refractivity contribution in [2.45, 2.75) is 83.5 Å². The molecule has 2 unspecified atom stereocenters. The molecule has 2 aromatic rings. The Labute approximate surface area is 225 Å². The summed E-state index contributed by atoms with van der Waals surface area (Å²) in [5.74, 6) is -0.697. The number of nitrogens with zero attached hydrogens (tertiary/aromatic N) is 1. The van der Waals surface area contributed by atoms with Crippen LogP contribution in [0.5, 0.6) is 0 Å². The number of likely N-dealkylation sites (tertiary alicyclic amines) is 1. The number of benzene rings is 2. The van der Waals surface area contributed by atoms with Crippen LogP contribution in [-0.4, -0.2) is 52.0 Å². The van der Waals surface area contributed by atoms with Gasteiger partial charge in [0.25, 0.3) is 5.91 Å². The minimum Gasteiger partial charge on any atom is -0.388 e. The third-order valence-corrected chi connectivity index (χ3v) is 8.15. The summed E-state index contributed by atoms with van der Waals surface area (Å²) in [5.41, 5.74) is 7.45. The van der Waals surface area contributed by atoms with E-state index in [1.807, 2.05) is 57.2 Å². The van der Waals surface area contributed by atoms with E-state index < -0.39 is 11.1 Å². The number of carbonyl (C=O) groups excluding carboxylic acids is 3. The van der Waals surface area contributed by atoms with Gasteiger partial charge in [-0.25, -0.2) is 5.43 Å². The van der Waals surface area contributed by atoms with Crippen LogP contribution in [0.1, 0.15) is 74.0 Å². The van der Waals surface area contributed by atoms with E-state index in [-0.39, 0.29) is 42.3 Å². The van der Waals surface area contributed by atoms with Crippen molar-refractivity contribution >= 4 is 17.7 Å². The number of nitrogens with one attached hydrogen (secondary N) is 3. The van der Waals surface area contributed by atoms with E-state index in [9.17, 15) is 19.5 Å². The zero-order valence-electron chi connectivity index (χ0n) is 23.0. The zero-order chi connectivity index (χ0) is 27.7. The van der Waals surface area contributed by atoms with Gasteiger partial charge in [-0.2, -0.15) is 0 Å². The van der Waals surface area contributed by atoms with Crippen LogP contribution in [0.15, 0.2) is 48.5 Å². The Balaban J connectivity index is 1.45. The second-order valence-electron chi connectivity index (χ2n) is 11.6. The molecule has 8 nitrogen and oxygen atoms in total. The summed E-state index contributed by atoms with van der Waals surface area (Å²) < 4.78 is 0. The summed E-state index contributed by atoms with van der Waals surface area (Å²) in [6.07, 6.45) is 2.75. The van der Waals surface area contributed by atoms with Gasteiger partial charge in [-0.1, -0.05) is 36.4 Å². The Morgan fingerprint density at radius 1 is 1.18 bits per heavy atom. The smallest absolute Gasteiger partial charge is 0.251 e. The van der Waals surface area contributed by atoms with Crippen molar-refractivity contribution in [3.05, 3.63) is 70.8 Å². The lowest BCUT2D eigenvalue weighted by atomic mass is 9.89. The zero-order valence-corrected chi connectivity index (χ0v) is 23.0. The van der Waals surface area contributed by atoms with Crippen molar-refractivity contribution < 1.29 is 19.5 Å². The third-order valence-electron chi connectivity index (χ3n) is 8.15. The molecule has 2 aromatic carbocycles. The highest BCUT2D eigenvalue weighted by atomic mass is 16.3. The molecule has 0 aromatic heterocycles. The van der Waals surface area contributed by atoms with E-state index in [2.05, 4.69) is 16.2 Å². The Hall–Kier alpha value is -3.23. The average Bonchev–Trinajstić information content (AvgIpc) is 3.25. The van der Waals surface area contributed by atoms with Crippen molar-refractivity contribution in [1.82, 2.24) is 21.1 Å². The molecular formula is C30H40N4O4. The highest BCUT2D eigenvalue weighted by Crippen LogP contribution is 2.45. The van der Waals surface area contributed by atoms with Gasteiger partial charge in [0.1, 0.15) is 0 Å². The number of aryl methyl sites for hydroxylation is 1.